The number of hydrogen-bond donors (Lipinski definition) is 1. The lowest BCUT2D eigenvalue weighted by Crippen LogP contribution is -2.42. The van der Waals surface area contributed by atoms with Gasteiger partial charge < -0.3 is 0 Å². The highest BCUT2D eigenvalue weighted by molar-refractivity contribution is 6.05. The summed E-state index contributed by atoms with van der Waals surface area (Å²) >= 11 is 0. The highest BCUT2D eigenvalue weighted by Gasteiger charge is 2.42. The van der Waals surface area contributed by atoms with Crippen LogP contribution in [-0.2, 0) is 16.1 Å². The number of likely N-dealkylation sites (tertiary alicyclic amines) is 1. The molecule has 2 amide bonds. The van der Waals surface area contributed by atoms with Gasteiger partial charge in [-0.05, 0) is 18.9 Å². The van der Waals surface area contributed by atoms with E-state index in [0.717, 1.165) is 31.4 Å². The molecule has 2 fully saturated rings. The summed E-state index contributed by atoms with van der Waals surface area (Å²) in [6.07, 6.45) is 7.54. The van der Waals surface area contributed by atoms with Crippen LogP contribution in [0.3, 0.4) is 0 Å². The molecule has 6 nitrogen and oxygen atoms in total. The first-order valence-corrected chi connectivity index (χ1v) is 7.10. The molecule has 1 unspecified atom stereocenters. The first-order chi connectivity index (χ1) is 9.75. The van der Waals surface area contributed by atoms with Gasteiger partial charge in [-0.15, -0.1) is 0 Å². The maximum Gasteiger partial charge on any atom is 0.247 e. The second-order valence-electron chi connectivity index (χ2n) is 5.38. The summed E-state index contributed by atoms with van der Waals surface area (Å²) in [4.78, 5) is 33.8. The van der Waals surface area contributed by atoms with E-state index in [1.807, 2.05) is 0 Å². The Hall–Kier alpha value is -1.82. The average molecular weight is 274 g/mol. The molecule has 0 spiro atoms. The molecule has 1 atom stereocenters. The molecular weight excluding hydrogens is 256 g/mol. The third-order valence-corrected chi connectivity index (χ3v) is 4.05. The monoisotopic (exact) mass is 274 g/mol. The number of carbonyl (C=O) groups excluding carboxylic acids is 2. The van der Waals surface area contributed by atoms with Crippen LogP contribution in [-0.4, -0.2) is 38.8 Å². The molecule has 1 aliphatic carbocycles. The van der Waals surface area contributed by atoms with Gasteiger partial charge in [-0.2, -0.15) is 0 Å². The Bertz CT molecular complexity index is 499. The largest absolute Gasteiger partial charge is 0.300 e. The fourth-order valence-electron chi connectivity index (χ4n) is 3.01. The van der Waals surface area contributed by atoms with Crippen molar-refractivity contribution in [2.24, 2.45) is 0 Å². The third-order valence-electron chi connectivity index (χ3n) is 4.05. The number of rotatable bonds is 4. The smallest absolute Gasteiger partial charge is 0.247 e. The lowest BCUT2D eigenvalue weighted by atomic mass is 10.2. The summed E-state index contributed by atoms with van der Waals surface area (Å²) in [6.45, 7) is 0.477. The number of nitrogens with zero attached hydrogens (tertiary/aromatic N) is 3. The molecule has 3 rings (SSSR count). The zero-order chi connectivity index (χ0) is 13.9. The van der Waals surface area contributed by atoms with E-state index in [4.69, 9.17) is 0 Å². The minimum absolute atomic E-state index is 0.0397. The van der Waals surface area contributed by atoms with Gasteiger partial charge in [-0.1, -0.05) is 12.8 Å². The molecular formula is C14H18N4O2. The Morgan fingerprint density at radius 1 is 1.30 bits per heavy atom. The van der Waals surface area contributed by atoms with Gasteiger partial charge in [0.1, 0.15) is 6.33 Å². The average Bonchev–Trinajstić information content (AvgIpc) is 3.06. The van der Waals surface area contributed by atoms with Gasteiger partial charge in [-0.25, -0.2) is 9.97 Å². The van der Waals surface area contributed by atoms with E-state index in [0.29, 0.717) is 6.54 Å². The first-order valence-electron chi connectivity index (χ1n) is 7.10. The first kappa shape index (κ1) is 13.2. The zero-order valence-corrected chi connectivity index (χ0v) is 11.3. The van der Waals surface area contributed by atoms with E-state index in [1.165, 1.54) is 11.2 Å². The Labute approximate surface area is 117 Å². The summed E-state index contributed by atoms with van der Waals surface area (Å²) in [5.74, 6) is -0.113. The van der Waals surface area contributed by atoms with E-state index >= 15 is 0 Å². The Morgan fingerprint density at radius 3 is 2.80 bits per heavy atom. The van der Waals surface area contributed by atoms with Crippen LogP contribution in [0.15, 0.2) is 18.6 Å². The molecule has 1 N–H and O–H groups in total. The predicted octanol–water partition coefficient (Wildman–Crippen LogP) is 0.636. The van der Waals surface area contributed by atoms with Crippen molar-refractivity contribution in [2.75, 3.05) is 0 Å². The molecule has 1 aromatic heterocycles. The van der Waals surface area contributed by atoms with Gasteiger partial charge >= 0.3 is 0 Å². The van der Waals surface area contributed by atoms with Gasteiger partial charge in [0.05, 0.1) is 18.2 Å². The third kappa shape index (κ3) is 2.56. The molecule has 2 aliphatic rings. The SMILES string of the molecule is O=C1CC(NCc2ccncn2)C(=O)N1C1CCCC1. The summed E-state index contributed by atoms with van der Waals surface area (Å²) in [6, 6.07) is 1.52. The molecule has 1 aromatic rings. The van der Waals surface area contributed by atoms with Crippen molar-refractivity contribution >= 4 is 11.8 Å². The van der Waals surface area contributed by atoms with Crippen LogP contribution >= 0.6 is 0 Å². The van der Waals surface area contributed by atoms with Gasteiger partial charge in [0.2, 0.25) is 11.8 Å². The van der Waals surface area contributed by atoms with E-state index in [1.54, 1.807) is 12.3 Å². The molecule has 106 valence electrons. The molecule has 1 saturated carbocycles. The van der Waals surface area contributed by atoms with Crippen LogP contribution in [0.25, 0.3) is 0 Å². The normalized spacial score (nSPS) is 23.8. The van der Waals surface area contributed by atoms with Crippen LogP contribution in [0, 0.1) is 0 Å². The van der Waals surface area contributed by atoms with Crippen molar-refractivity contribution in [1.29, 1.82) is 0 Å². The van der Waals surface area contributed by atoms with Gasteiger partial charge in [0, 0.05) is 18.8 Å². The maximum absolute atomic E-state index is 12.3. The van der Waals surface area contributed by atoms with Crippen molar-refractivity contribution in [3.8, 4) is 0 Å². The van der Waals surface area contributed by atoms with Crippen molar-refractivity contribution < 1.29 is 9.59 Å². The van der Waals surface area contributed by atoms with Crippen molar-refractivity contribution in [2.45, 2.75) is 50.7 Å². The van der Waals surface area contributed by atoms with E-state index in [2.05, 4.69) is 15.3 Å². The predicted molar refractivity (Wildman–Crippen MR) is 71.4 cm³/mol. The maximum atomic E-state index is 12.3. The number of imide groups is 1. The molecule has 1 aliphatic heterocycles. The fourth-order valence-corrected chi connectivity index (χ4v) is 3.01. The van der Waals surface area contributed by atoms with Crippen LogP contribution in [0.2, 0.25) is 0 Å². The minimum atomic E-state index is -0.405. The molecule has 0 bridgehead atoms. The number of aromatic nitrogens is 2. The zero-order valence-electron chi connectivity index (χ0n) is 11.3. The topological polar surface area (TPSA) is 75.2 Å². The molecule has 1 saturated heterocycles. The second kappa shape index (κ2) is 5.66. The summed E-state index contributed by atoms with van der Waals surface area (Å²) < 4.78 is 0. The molecule has 0 radical (unpaired) electrons. The molecule has 2 heterocycles. The van der Waals surface area contributed by atoms with Crippen LogP contribution in [0.5, 0.6) is 0 Å². The van der Waals surface area contributed by atoms with Crippen LogP contribution in [0.4, 0.5) is 0 Å². The van der Waals surface area contributed by atoms with E-state index in [-0.39, 0.29) is 24.3 Å². The number of hydrogen-bond acceptors (Lipinski definition) is 5. The van der Waals surface area contributed by atoms with E-state index < -0.39 is 6.04 Å². The highest BCUT2D eigenvalue weighted by Crippen LogP contribution is 2.28. The Morgan fingerprint density at radius 2 is 2.10 bits per heavy atom. The van der Waals surface area contributed by atoms with E-state index in [9.17, 15) is 9.59 Å². The number of nitrogens with one attached hydrogen (secondary N) is 1. The van der Waals surface area contributed by atoms with Gasteiger partial charge in [0.25, 0.3) is 0 Å². The summed E-state index contributed by atoms with van der Waals surface area (Å²) in [5, 5.41) is 3.13. The van der Waals surface area contributed by atoms with Gasteiger partial charge in [0.15, 0.2) is 0 Å². The van der Waals surface area contributed by atoms with Crippen molar-refractivity contribution in [3.63, 3.8) is 0 Å². The van der Waals surface area contributed by atoms with Crippen LogP contribution < -0.4 is 5.32 Å². The second-order valence-corrected chi connectivity index (χ2v) is 5.38. The standard InChI is InChI=1S/C14H18N4O2/c19-13-7-12(16-8-10-5-6-15-9-17-10)14(20)18(13)11-3-1-2-4-11/h5-6,9,11-12,16H,1-4,7-8H2. The molecule has 0 aromatic carbocycles. The molecule has 6 heteroatoms. The lowest BCUT2D eigenvalue weighted by molar-refractivity contribution is -0.141. The quantitative estimate of drug-likeness (QED) is 0.815. The van der Waals surface area contributed by atoms with Gasteiger partial charge in [-0.3, -0.25) is 19.8 Å². The minimum Gasteiger partial charge on any atom is -0.300 e. The van der Waals surface area contributed by atoms with Crippen LogP contribution in [0.1, 0.15) is 37.8 Å². The Balaban J connectivity index is 1.61. The number of carbonyl (C=O) groups is 2. The van der Waals surface area contributed by atoms with Crippen molar-refractivity contribution in [1.82, 2.24) is 20.2 Å². The fraction of sp³-hybridized carbons (Fsp3) is 0.571. The summed E-state index contributed by atoms with van der Waals surface area (Å²) in [5.41, 5.74) is 0.819. The highest BCUT2D eigenvalue weighted by atomic mass is 16.2. The Kier molecular flexibility index (Phi) is 3.73. The summed E-state index contributed by atoms with van der Waals surface area (Å²) in [7, 11) is 0. The number of amides is 2. The molecule has 20 heavy (non-hydrogen) atoms. The lowest BCUT2D eigenvalue weighted by Gasteiger charge is -2.22. The van der Waals surface area contributed by atoms with Crippen molar-refractivity contribution in [3.05, 3.63) is 24.3 Å².